The van der Waals surface area contributed by atoms with Crippen LogP contribution in [-0.2, 0) is 0 Å². The van der Waals surface area contributed by atoms with Gasteiger partial charge in [0.25, 0.3) is 0 Å². The minimum Gasteiger partial charge on any atom is -0.383 e. The van der Waals surface area contributed by atoms with E-state index in [4.69, 9.17) is 17.3 Å². The molecule has 0 spiro atoms. The van der Waals surface area contributed by atoms with Crippen LogP contribution in [0.2, 0.25) is 5.15 Å². The van der Waals surface area contributed by atoms with Crippen LogP contribution in [0.25, 0.3) is 5.65 Å². The zero-order valence-electron chi connectivity index (χ0n) is 8.86. The van der Waals surface area contributed by atoms with Crippen molar-refractivity contribution in [2.75, 3.05) is 5.73 Å². The van der Waals surface area contributed by atoms with Crippen molar-refractivity contribution in [3.05, 3.63) is 23.0 Å². The van der Waals surface area contributed by atoms with E-state index in [2.05, 4.69) is 10.1 Å². The van der Waals surface area contributed by atoms with Gasteiger partial charge < -0.3 is 5.73 Å². The van der Waals surface area contributed by atoms with Gasteiger partial charge in [-0.1, -0.05) is 24.4 Å². The summed E-state index contributed by atoms with van der Waals surface area (Å²) in [7, 11) is 0. The summed E-state index contributed by atoms with van der Waals surface area (Å²) >= 11 is 5.93. The minimum absolute atomic E-state index is 0.435. The molecule has 5 heteroatoms. The van der Waals surface area contributed by atoms with Crippen molar-refractivity contribution in [3.8, 4) is 0 Å². The van der Waals surface area contributed by atoms with Crippen molar-refractivity contribution in [1.29, 1.82) is 0 Å². The second kappa shape index (κ2) is 3.63. The number of nitrogens with zero attached hydrogens (tertiary/aromatic N) is 3. The highest BCUT2D eigenvalue weighted by atomic mass is 35.5. The molecule has 0 saturated heterocycles. The third kappa shape index (κ3) is 1.45. The van der Waals surface area contributed by atoms with Crippen LogP contribution in [0.1, 0.15) is 37.2 Å². The van der Waals surface area contributed by atoms with Gasteiger partial charge in [-0.2, -0.15) is 9.61 Å². The van der Waals surface area contributed by atoms with E-state index in [1.807, 2.05) is 6.20 Å². The molecule has 3 rings (SSSR count). The highest BCUT2D eigenvalue weighted by Crippen LogP contribution is 2.36. The van der Waals surface area contributed by atoms with Gasteiger partial charge in [-0.3, -0.25) is 0 Å². The summed E-state index contributed by atoms with van der Waals surface area (Å²) in [6, 6.07) is 1.62. The lowest BCUT2D eigenvalue weighted by Gasteiger charge is -2.06. The molecular weight excluding hydrogens is 224 g/mol. The number of hydrogen-bond acceptors (Lipinski definition) is 3. The van der Waals surface area contributed by atoms with Crippen LogP contribution >= 0.6 is 11.6 Å². The lowest BCUT2D eigenvalue weighted by atomic mass is 10.0. The second-order valence-electron chi connectivity index (χ2n) is 4.32. The smallest absolute Gasteiger partial charge is 0.162 e. The van der Waals surface area contributed by atoms with E-state index in [-0.39, 0.29) is 0 Å². The molecule has 1 fully saturated rings. The van der Waals surface area contributed by atoms with Crippen molar-refractivity contribution in [1.82, 2.24) is 14.6 Å². The lowest BCUT2D eigenvalue weighted by Crippen LogP contribution is -2.01. The number of nitrogens with two attached hydrogens (primary N) is 1. The van der Waals surface area contributed by atoms with Gasteiger partial charge in [0.2, 0.25) is 0 Å². The molecule has 4 nitrogen and oxygen atoms in total. The van der Waals surface area contributed by atoms with Crippen LogP contribution in [-0.4, -0.2) is 14.6 Å². The second-order valence-corrected chi connectivity index (χ2v) is 4.71. The fourth-order valence-electron chi connectivity index (χ4n) is 2.50. The largest absolute Gasteiger partial charge is 0.383 e. The molecule has 0 bridgehead atoms. The molecular formula is C11H13ClN4. The maximum absolute atomic E-state index is 5.93. The van der Waals surface area contributed by atoms with Gasteiger partial charge in [0.15, 0.2) is 5.65 Å². The summed E-state index contributed by atoms with van der Waals surface area (Å²) in [5, 5.41) is 4.71. The fourth-order valence-corrected chi connectivity index (χ4v) is 2.69. The van der Waals surface area contributed by atoms with Crippen LogP contribution < -0.4 is 5.73 Å². The van der Waals surface area contributed by atoms with E-state index in [0.29, 0.717) is 16.9 Å². The summed E-state index contributed by atoms with van der Waals surface area (Å²) in [5.74, 6) is 1.11. The molecule has 0 atom stereocenters. The van der Waals surface area contributed by atoms with Gasteiger partial charge >= 0.3 is 0 Å². The van der Waals surface area contributed by atoms with Crippen molar-refractivity contribution >= 4 is 23.1 Å². The van der Waals surface area contributed by atoms with Crippen LogP contribution in [0.15, 0.2) is 12.3 Å². The Morgan fingerprint density at radius 3 is 2.88 bits per heavy atom. The third-order valence-electron chi connectivity index (χ3n) is 3.29. The van der Waals surface area contributed by atoms with E-state index in [1.165, 1.54) is 31.2 Å². The monoisotopic (exact) mass is 236 g/mol. The lowest BCUT2D eigenvalue weighted by molar-refractivity contribution is 0.727. The summed E-state index contributed by atoms with van der Waals surface area (Å²) in [5.41, 5.74) is 7.85. The maximum atomic E-state index is 5.93. The Hall–Kier alpha value is -1.29. The molecule has 0 aliphatic heterocycles. The molecule has 16 heavy (non-hydrogen) atoms. The summed E-state index contributed by atoms with van der Waals surface area (Å²) in [6.07, 6.45) is 6.89. The Balaban J connectivity index is 2.18. The predicted molar refractivity (Wildman–Crippen MR) is 63.6 cm³/mol. The maximum Gasteiger partial charge on any atom is 0.162 e. The predicted octanol–water partition coefficient (Wildman–Crippen LogP) is 2.62. The summed E-state index contributed by atoms with van der Waals surface area (Å²) in [6.45, 7) is 0. The van der Waals surface area contributed by atoms with Gasteiger partial charge in [-0.15, -0.1) is 0 Å². The van der Waals surface area contributed by atoms with Gasteiger partial charge in [-0.05, 0) is 18.8 Å². The van der Waals surface area contributed by atoms with E-state index >= 15 is 0 Å². The van der Waals surface area contributed by atoms with Crippen LogP contribution in [0.3, 0.4) is 0 Å². The number of anilines is 1. The first-order chi connectivity index (χ1) is 7.75. The van der Waals surface area contributed by atoms with Crippen LogP contribution in [0.4, 0.5) is 5.82 Å². The van der Waals surface area contributed by atoms with Crippen LogP contribution in [0, 0.1) is 0 Å². The first-order valence-corrected chi connectivity index (χ1v) is 5.93. The molecule has 0 aromatic carbocycles. The minimum atomic E-state index is 0.435. The first-order valence-electron chi connectivity index (χ1n) is 5.55. The van der Waals surface area contributed by atoms with Crippen molar-refractivity contribution in [2.45, 2.75) is 31.6 Å². The van der Waals surface area contributed by atoms with Gasteiger partial charge in [0.05, 0.1) is 6.20 Å². The highest BCUT2D eigenvalue weighted by molar-refractivity contribution is 6.29. The SMILES string of the molecule is Nc1cc(Cl)nc2c(C3CCCC3)cnn12. The molecule has 0 unspecified atom stereocenters. The zero-order valence-corrected chi connectivity index (χ0v) is 9.61. The number of fused-ring (bicyclic) bond motifs is 1. The summed E-state index contributed by atoms with van der Waals surface area (Å²) in [4.78, 5) is 4.33. The van der Waals surface area contributed by atoms with E-state index in [9.17, 15) is 0 Å². The molecule has 2 heterocycles. The number of halogens is 1. The highest BCUT2D eigenvalue weighted by Gasteiger charge is 2.22. The van der Waals surface area contributed by atoms with Crippen LogP contribution in [0.5, 0.6) is 0 Å². The number of aromatic nitrogens is 3. The molecule has 2 aromatic heterocycles. The van der Waals surface area contributed by atoms with Gasteiger partial charge in [0.1, 0.15) is 11.0 Å². The van der Waals surface area contributed by atoms with Gasteiger partial charge in [-0.25, -0.2) is 4.98 Å². The normalized spacial score (nSPS) is 17.3. The van der Waals surface area contributed by atoms with Crippen molar-refractivity contribution in [3.63, 3.8) is 0 Å². The standard InChI is InChI=1S/C11H13ClN4/c12-9-5-10(13)16-11(15-9)8(6-14-16)7-3-1-2-4-7/h5-7H,1-4,13H2. The molecule has 1 aliphatic rings. The number of hydrogen-bond donors (Lipinski definition) is 1. The first kappa shape index (κ1) is 9.90. The molecule has 84 valence electrons. The number of nitrogen functional groups attached to an aromatic ring is 1. The van der Waals surface area contributed by atoms with E-state index < -0.39 is 0 Å². The Kier molecular flexibility index (Phi) is 2.24. The third-order valence-corrected chi connectivity index (χ3v) is 3.48. The van der Waals surface area contributed by atoms with E-state index in [1.54, 1.807) is 10.6 Å². The molecule has 0 amide bonds. The van der Waals surface area contributed by atoms with Crippen molar-refractivity contribution in [2.24, 2.45) is 0 Å². The Morgan fingerprint density at radius 2 is 2.12 bits per heavy atom. The average molecular weight is 237 g/mol. The Bertz CT molecular complexity index is 528. The van der Waals surface area contributed by atoms with Crippen molar-refractivity contribution < 1.29 is 0 Å². The topological polar surface area (TPSA) is 56.2 Å². The number of rotatable bonds is 1. The zero-order chi connectivity index (χ0) is 11.1. The molecule has 2 aromatic rings. The fraction of sp³-hybridized carbons (Fsp3) is 0.455. The molecule has 2 N–H and O–H groups in total. The quantitative estimate of drug-likeness (QED) is 0.775. The molecule has 1 aliphatic carbocycles. The Morgan fingerprint density at radius 1 is 1.38 bits per heavy atom. The average Bonchev–Trinajstić information content (AvgIpc) is 2.83. The molecule has 1 saturated carbocycles. The van der Waals surface area contributed by atoms with E-state index in [0.717, 1.165) is 5.65 Å². The Labute approximate surface area is 98.4 Å². The summed E-state index contributed by atoms with van der Waals surface area (Å²) < 4.78 is 1.67. The molecule has 0 radical (unpaired) electrons. The van der Waals surface area contributed by atoms with Gasteiger partial charge in [0, 0.05) is 11.6 Å².